The number of benzene rings is 1. The van der Waals surface area contributed by atoms with Gasteiger partial charge in [-0.25, -0.2) is 0 Å². The van der Waals surface area contributed by atoms with Gasteiger partial charge in [-0.3, -0.25) is 19.3 Å². The van der Waals surface area contributed by atoms with Crippen LogP contribution in [0.4, 0.5) is 10.7 Å². The summed E-state index contributed by atoms with van der Waals surface area (Å²) in [6.45, 7) is 9.30. The van der Waals surface area contributed by atoms with Crippen LogP contribution in [0.25, 0.3) is 0 Å². The number of ether oxygens (including phenoxy) is 1. The van der Waals surface area contributed by atoms with Crippen molar-refractivity contribution in [3.05, 3.63) is 40.3 Å². The molecule has 2 amide bonds. The molecule has 1 aromatic heterocycles. The van der Waals surface area contributed by atoms with Crippen LogP contribution in [0.15, 0.2) is 23.6 Å². The molecule has 1 N–H and O–H groups in total. The maximum absolute atomic E-state index is 12.9. The molecule has 7 nitrogen and oxygen atoms in total. The molecule has 1 aliphatic heterocycles. The quantitative estimate of drug-likeness (QED) is 0.642. The first-order valence-electron chi connectivity index (χ1n) is 10.5. The molecule has 2 aromatic rings. The number of carbonyl (C=O) groups is 3. The minimum Gasteiger partial charge on any atom is -0.479 e. The van der Waals surface area contributed by atoms with E-state index in [1.54, 1.807) is 25.1 Å². The lowest BCUT2D eigenvalue weighted by atomic mass is 9.86. The van der Waals surface area contributed by atoms with Crippen molar-refractivity contribution in [1.29, 1.82) is 5.26 Å². The van der Waals surface area contributed by atoms with Gasteiger partial charge in [-0.2, -0.15) is 5.26 Å². The summed E-state index contributed by atoms with van der Waals surface area (Å²) in [6.07, 6.45) is 0.361. The van der Waals surface area contributed by atoms with Crippen molar-refractivity contribution in [2.45, 2.75) is 59.0 Å². The van der Waals surface area contributed by atoms with Crippen molar-refractivity contribution in [2.75, 3.05) is 16.8 Å². The van der Waals surface area contributed by atoms with E-state index in [1.807, 2.05) is 33.1 Å². The van der Waals surface area contributed by atoms with Crippen molar-refractivity contribution in [3.8, 4) is 11.8 Å². The minimum atomic E-state index is -0.753. The lowest BCUT2D eigenvalue weighted by Crippen LogP contribution is -2.47. The zero-order valence-corrected chi connectivity index (χ0v) is 19.8. The van der Waals surface area contributed by atoms with Crippen LogP contribution in [0.2, 0.25) is 0 Å². The van der Waals surface area contributed by atoms with Crippen LogP contribution < -0.4 is 15.0 Å². The van der Waals surface area contributed by atoms with Gasteiger partial charge in [0.2, 0.25) is 5.91 Å². The highest BCUT2D eigenvalue weighted by atomic mass is 32.1. The maximum Gasteiger partial charge on any atom is 0.268 e. The molecule has 0 fully saturated rings. The predicted octanol–water partition coefficient (Wildman–Crippen LogP) is 4.65. The average Bonchev–Trinajstić information content (AvgIpc) is 3.14. The molecule has 32 heavy (non-hydrogen) atoms. The molecular weight excluding hydrogens is 426 g/mol. The molecule has 0 saturated heterocycles. The molecule has 2 heterocycles. The number of rotatable bonds is 6. The fourth-order valence-electron chi connectivity index (χ4n) is 3.54. The van der Waals surface area contributed by atoms with E-state index < -0.39 is 12.0 Å². The fraction of sp³-hybridized carbons (Fsp3) is 0.417. The fourth-order valence-corrected chi connectivity index (χ4v) is 4.69. The predicted molar refractivity (Wildman–Crippen MR) is 124 cm³/mol. The van der Waals surface area contributed by atoms with E-state index in [9.17, 15) is 19.6 Å². The zero-order chi connectivity index (χ0) is 23.6. The highest BCUT2D eigenvalue weighted by Crippen LogP contribution is 2.37. The molecule has 0 aliphatic carbocycles. The number of nitrogens with zero attached hydrogens (tertiary/aromatic N) is 2. The molecule has 1 aromatic carbocycles. The van der Waals surface area contributed by atoms with Crippen LogP contribution in [0, 0.1) is 11.3 Å². The third kappa shape index (κ3) is 4.68. The van der Waals surface area contributed by atoms with E-state index >= 15 is 0 Å². The Balaban J connectivity index is 1.87. The second-order valence-electron chi connectivity index (χ2n) is 8.80. The van der Waals surface area contributed by atoms with E-state index in [2.05, 4.69) is 11.4 Å². The van der Waals surface area contributed by atoms with Crippen LogP contribution in [-0.2, 0) is 15.0 Å². The standard InChI is InChI=1S/C24H27N3O4S/c1-6-7-19(28)15-8-9-20-18(10-15)27(23(30)14(2)31-20)12-21(29)26-22-16(11-25)17(13-32-22)24(3,4)5/h8-10,13-14H,6-7,12H2,1-5H3,(H,26,29). The lowest BCUT2D eigenvalue weighted by molar-refractivity contribution is -0.127. The van der Waals surface area contributed by atoms with Gasteiger partial charge in [0.1, 0.15) is 23.4 Å². The Labute approximate surface area is 192 Å². The summed E-state index contributed by atoms with van der Waals surface area (Å²) >= 11 is 1.29. The maximum atomic E-state index is 12.9. The first-order valence-corrected chi connectivity index (χ1v) is 11.4. The highest BCUT2D eigenvalue weighted by molar-refractivity contribution is 7.14. The van der Waals surface area contributed by atoms with Crippen molar-refractivity contribution in [3.63, 3.8) is 0 Å². The summed E-state index contributed by atoms with van der Waals surface area (Å²) < 4.78 is 5.67. The van der Waals surface area contributed by atoms with Gasteiger partial charge in [0.15, 0.2) is 11.9 Å². The normalized spacial score (nSPS) is 15.6. The van der Waals surface area contributed by atoms with E-state index in [0.717, 1.165) is 5.56 Å². The molecular formula is C24H27N3O4S. The van der Waals surface area contributed by atoms with Gasteiger partial charge in [-0.15, -0.1) is 11.3 Å². The molecule has 3 rings (SSSR count). The van der Waals surface area contributed by atoms with Crippen molar-refractivity contribution in [1.82, 2.24) is 0 Å². The number of hydrogen-bond acceptors (Lipinski definition) is 6. The third-order valence-electron chi connectivity index (χ3n) is 5.23. The number of carbonyl (C=O) groups excluding carboxylic acids is 3. The number of amides is 2. The Morgan fingerprint density at radius 1 is 1.31 bits per heavy atom. The first kappa shape index (κ1) is 23.5. The van der Waals surface area contributed by atoms with Gasteiger partial charge in [-0.05, 0) is 47.9 Å². The highest BCUT2D eigenvalue weighted by Gasteiger charge is 2.34. The van der Waals surface area contributed by atoms with Crippen LogP contribution in [0.1, 0.15) is 68.9 Å². The van der Waals surface area contributed by atoms with Crippen LogP contribution >= 0.6 is 11.3 Å². The summed E-state index contributed by atoms with van der Waals surface area (Å²) in [5, 5.41) is 14.7. The summed E-state index contributed by atoms with van der Waals surface area (Å²) in [6, 6.07) is 7.12. The van der Waals surface area contributed by atoms with Crippen LogP contribution in [0.5, 0.6) is 5.75 Å². The van der Waals surface area contributed by atoms with Gasteiger partial charge >= 0.3 is 0 Å². The Morgan fingerprint density at radius 2 is 2.03 bits per heavy atom. The molecule has 1 unspecified atom stereocenters. The molecule has 8 heteroatoms. The van der Waals surface area contributed by atoms with Gasteiger partial charge in [-0.1, -0.05) is 27.7 Å². The lowest BCUT2D eigenvalue weighted by Gasteiger charge is -2.32. The van der Waals surface area contributed by atoms with Gasteiger partial charge in [0.05, 0.1) is 11.3 Å². The molecule has 1 aliphatic rings. The van der Waals surface area contributed by atoms with Crippen molar-refractivity contribution < 1.29 is 19.1 Å². The van der Waals surface area contributed by atoms with Gasteiger partial charge in [0, 0.05) is 12.0 Å². The topological polar surface area (TPSA) is 99.5 Å². The Bertz CT molecular complexity index is 1110. The van der Waals surface area contributed by atoms with Crippen LogP contribution in [-0.4, -0.2) is 30.2 Å². The molecule has 0 spiro atoms. The summed E-state index contributed by atoms with van der Waals surface area (Å²) in [5.41, 5.74) is 1.93. The SMILES string of the molecule is CCCC(=O)c1ccc2c(c1)N(CC(=O)Nc1scc(C(C)(C)C)c1C#N)C(=O)C(C)O2. The van der Waals surface area contributed by atoms with Crippen molar-refractivity contribution in [2.24, 2.45) is 0 Å². The summed E-state index contributed by atoms with van der Waals surface area (Å²) in [7, 11) is 0. The Kier molecular flexibility index (Phi) is 6.70. The summed E-state index contributed by atoms with van der Waals surface area (Å²) in [5.74, 6) is -0.378. The monoisotopic (exact) mass is 453 g/mol. The summed E-state index contributed by atoms with van der Waals surface area (Å²) in [4.78, 5) is 39.4. The number of thiophene rings is 1. The number of Topliss-reactive ketones (excluding diaryl/α,β-unsaturated/α-hetero) is 1. The first-order chi connectivity index (χ1) is 15.1. The minimum absolute atomic E-state index is 0.0299. The Hall–Kier alpha value is -3.18. The molecule has 0 saturated carbocycles. The van der Waals surface area contributed by atoms with Crippen LogP contribution in [0.3, 0.4) is 0 Å². The van der Waals surface area contributed by atoms with E-state index in [1.165, 1.54) is 16.2 Å². The molecule has 0 bridgehead atoms. The molecule has 168 valence electrons. The number of fused-ring (bicyclic) bond motifs is 1. The number of nitriles is 1. The average molecular weight is 454 g/mol. The Morgan fingerprint density at radius 3 is 2.66 bits per heavy atom. The zero-order valence-electron chi connectivity index (χ0n) is 18.9. The van der Waals surface area contributed by atoms with Crippen molar-refractivity contribution >= 4 is 39.6 Å². The largest absolute Gasteiger partial charge is 0.479 e. The second kappa shape index (κ2) is 9.13. The number of ketones is 1. The second-order valence-corrected chi connectivity index (χ2v) is 9.68. The van der Waals surface area contributed by atoms with Gasteiger partial charge in [0.25, 0.3) is 5.91 Å². The van der Waals surface area contributed by atoms with E-state index in [4.69, 9.17) is 4.74 Å². The third-order valence-corrected chi connectivity index (χ3v) is 6.13. The van der Waals surface area contributed by atoms with E-state index in [0.29, 0.717) is 40.4 Å². The number of nitrogens with one attached hydrogen (secondary N) is 1. The number of anilines is 2. The molecule has 1 atom stereocenters. The smallest absolute Gasteiger partial charge is 0.268 e. The molecule has 0 radical (unpaired) electrons. The van der Waals surface area contributed by atoms with Gasteiger partial charge < -0.3 is 10.1 Å². The van der Waals surface area contributed by atoms with E-state index in [-0.39, 0.29) is 23.7 Å². The number of hydrogen-bond donors (Lipinski definition) is 1.